The van der Waals surface area contributed by atoms with E-state index in [1.165, 1.54) is 0 Å². The standard InChI is InChI=1S/C13H19NO2/c1-8(14)12(15)9-4-5-11-10(6-9)7-13(2,3)16-11/h4-6,8,12,15H,7,14H2,1-3H3. The van der Waals surface area contributed by atoms with Gasteiger partial charge in [-0.1, -0.05) is 6.07 Å². The summed E-state index contributed by atoms with van der Waals surface area (Å²) >= 11 is 0. The highest BCUT2D eigenvalue weighted by Crippen LogP contribution is 2.36. The molecule has 0 radical (unpaired) electrons. The molecule has 1 aromatic carbocycles. The van der Waals surface area contributed by atoms with Crippen LogP contribution in [0.1, 0.15) is 38.0 Å². The number of ether oxygens (including phenoxy) is 1. The lowest BCUT2D eigenvalue weighted by Crippen LogP contribution is -2.24. The van der Waals surface area contributed by atoms with Crippen molar-refractivity contribution >= 4 is 0 Å². The van der Waals surface area contributed by atoms with Crippen molar-refractivity contribution in [3.63, 3.8) is 0 Å². The summed E-state index contributed by atoms with van der Waals surface area (Å²) in [5, 5.41) is 9.89. The molecular weight excluding hydrogens is 202 g/mol. The molecule has 2 atom stereocenters. The molecule has 0 amide bonds. The van der Waals surface area contributed by atoms with Crippen molar-refractivity contribution < 1.29 is 9.84 Å². The average Bonchev–Trinajstić information content (AvgIpc) is 2.48. The summed E-state index contributed by atoms with van der Waals surface area (Å²) in [6, 6.07) is 5.55. The quantitative estimate of drug-likeness (QED) is 0.800. The Labute approximate surface area is 96.2 Å². The van der Waals surface area contributed by atoms with E-state index in [1.807, 2.05) is 18.2 Å². The Morgan fingerprint density at radius 3 is 2.75 bits per heavy atom. The number of nitrogens with two attached hydrogens (primary N) is 1. The molecular formula is C13H19NO2. The third kappa shape index (κ3) is 2.06. The minimum absolute atomic E-state index is 0.139. The van der Waals surface area contributed by atoms with E-state index in [1.54, 1.807) is 6.92 Å². The molecule has 0 spiro atoms. The minimum Gasteiger partial charge on any atom is -0.487 e. The molecule has 1 aliphatic heterocycles. The molecule has 1 heterocycles. The summed E-state index contributed by atoms with van der Waals surface area (Å²) in [7, 11) is 0. The van der Waals surface area contributed by atoms with Gasteiger partial charge in [0.1, 0.15) is 11.4 Å². The number of hydrogen-bond acceptors (Lipinski definition) is 3. The van der Waals surface area contributed by atoms with Gasteiger partial charge in [-0.3, -0.25) is 0 Å². The maximum Gasteiger partial charge on any atom is 0.123 e. The van der Waals surface area contributed by atoms with Crippen LogP contribution in [0.2, 0.25) is 0 Å². The Kier molecular flexibility index (Phi) is 2.68. The lowest BCUT2D eigenvalue weighted by molar-refractivity contribution is 0.138. The van der Waals surface area contributed by atoms with Gasteiger partial charge in [0.25, 0.3) is 0 Å². The van der Waals surface area contributed by atoms with Crippen LogP contribution in [-0.2, 0) is 6.42 Å². The van der Waals surface area contributed by atoms with Crippen molar-refractivity contribution in [1.82, 2.24) is 0 Å². The van der Waals surface area contributed by atoms with Crippen LogP contribution in [0.3, 0.4) is 0 Å². The SMILES string of the molecule is CC(N)C(O)c1ccc2c(c1)CC(C)(C)O2. The van der Waals surface area contributed by atoms with E-state index in [4.69, 9.17) is 10.5 Å². The number of aliphatic hydroxyl groups is 1. The second kappa shape index (κ2) is 3.75. The van der Waals surface area contributed by atoms with Crippen molar-refractivity contribution in [2.45, 2.75) is 44.9 Å². The summed E-state index contributed by atoms with van der Waals surface area (Å²) in [5.74, 6) is 0.922. The van der Waals surface area contributed by atoms with Gasteiger partial charge in [0, 0.05) is 12.5 Å². The Morgan fingerprint density at radius 2 is 2.12 bits per heavy atom. The maximum atomic E-state index is 9.89. The summed E-state index contributed by atoms with van der Waals surface area (Å²) in [6.07, 6.45) is 0.274. The Morgan fingerprint density at radius 1 is 1.44 bits per heavy atom. The van der Waals surface area contributed by atoms with Crippen LogP contribution in [0.25, 0.3) is 0 Å². The van der Waals surface area contributed by atoms with Crippen LogP contribution in [0.4, 0.5) is 0 Å². The van der Waals surface area contributed by atoms with Gasteiger partial charge in [-0.2, -0.15) is 0 Å². The molecule has 0 saturated carbocycles. The molecule has 1 aliphatic rings. The molecule has 0 aliphatic carbocycles. The zero-order chi connectivity index (χ0) is 11.9. The largest absolute Gasteiger partial charge is 0.487 e. The Balaban J connectivity index is 2.29. The third-order valence-electron chi connectivity index (χ3n) is 2.93. The number of fused-ring (bicyclic) bond motifs is 1. The molecule has 88 valence electrons. The highest BCUT2D eigenvalue weighted by molar-refractivity contribution is 5.42. The third-order valence-corrected chi connectivity index (χ3v) is 2.93. The number of aliphatic hydroxyl groups excluding tert-OH is 1. The van der Waals surface area contributed by atoms with Crippen molar-refractivity contribution in [1.29, 1.82) is 0 Å². The average molecular weight is 221 g/mol. The van der Waals surface area contributed by atoms with E-state index in [9.17, 15) is 5.11 Å². The lowest BCUT2D eigenvalue weighted by atomic mass is 9.97. The van der Waals surface area contributed by atoms with E-state index < -0.39 is 6.10 Å². The van der Waals surface area contributed by atoms with Crippen LogP contribution >= 0.6 is 0 Å². The molecule has 0 saturated heterocycles. The first-order valence-electron chi connectivity index (χ1n) is 5.64. The molecule has 1 aromatic rings. The topological polar surface area (TPSA) is 55.5 Å². The fourth-order valence-corrected chi connectivity index (χ4v) is 2.12. The van der Waals surface area contributed by atoms with Gasteiger partial charge >= 0.3 is 0 Å². The summed E-state index contributed by atoms with van der Waals surface area (Å²) in [6.45, 7) is 5.93. The first-order valence-corrected chi connectivity index (χ1v) is 5.64. The smallest absolute Gasteiger partial charge is 0.123 e. The molecule has 2 unspecified atom stereocenters. The highest BCUT2D eigenvalue weighted by atomic mass is 16.5. The fourth-order valence-electron chi connectivity index (χ4n) is 2.12. The zero-order valence-corrected chi connectivity index (χ0v) is 10.0. The second-order valence-electron chi connectivity index (χ2n) is 5.21. The zero-order valence-electron chi connectivity index (χ0n) is 10.0. The first kappa shape index (κ1) is 11.4. The number of hydrogen-bond donors (Lipinski definition) is 2. The van der Waals surface area contributed by atoms with Crippen LogP contribution in [0.5, 0.6) is 5.75 Å². The van der Waals surface area contributed by atoms with Gasteiger partial charge in [0.05, 0.1) is 6.10 Å². The molecule has 0 aromatic heterocycles. The second-order valence-corrected chi connectivity index (χ2v) is 5.21. The Hall–Kier alpha value is -1.06. The molecule has 16 heavy (non-hydrogen) atoms. The van der Waals surface area contributed by atoms with Crippen molar-refractivity contribution in [2.75, 3.05) is 0 Å². The van der Waals surface area contributed by atoms with Crippen LogP contribution < -0.4 is 10.5 Å². The van der Waals surface area contributed by atoms with Crippen LogP contribution in [0, 0.1) is 0 Å². The number of rotatable bonds is 2. The van der Waals surface area contributed by atoms with E-state index in [-0.39, 0.29) is 11.6 Å². The molecule has 3 N–H and O–H groups in total. The van der Waals surface area contributed by atoms with E-state index in [0.717, 1.165) is 23.3 Å². The summed E-state index contributed by atoms with van der Waals surface area (Å²) in [4.78, 5) is 0. The summed E-state index contributed by atoms with van der Waals surface area (Å²) in [5.41, 5.74) is 7.57. The molecule has 3 heteroatoms. The molecule has 3 nitrogen and oxygen atoms in total. The van der Waals surface area contributed by atoms with E-state index >= 15 is 0 Å². The van der Waals surface area contributed by atoms with Crippen LogP contribution in [0.15, 0.2) is 18.2 Å². The number of benzene rings is 1. The van der Waals surface area contributed by atoms with Gasteiger partial charge in [-0.25, -0.2) is 0 Å². The molecule has 0 fully saturated rings. The van der Waals surface area contributed by atoms with Crippen molar-refractivity contribution in [3.05, 3.63) is 29.3 Å². The predicted octanol–water partition coefficient (Wildman–Crippen LogP) is 1.78. The van der Waals surface area contributed by atoms with E-state index in [2.05, 4.69) is 13.8 Å². The van der Waals surface area contributed by atoms with E-state index in [0.29, 0.717) is 0 Å². The van der Waals surface area contributed by atoms with Gasteiger partial charge in [0.2, 0.25) is 0 Å². The van der Waals surface area contributed by atoms with Crippen molar-refractivity contribution in [2.24, 2.45) is 5.73 Å². The van der Waals surface area contributed by atoms with Gasteiger partial charge < -0.3 is 15.6 Å². The first-order chi connectivity index (χ1) is 7.39. The van der Waals surface area contributed by atoms with Gasteiger partial charge in [-0.15, -0.1) is 0 Å². The fraction of sp³-hybridized carbons (Fsp3) is 0.538. The predicted molar refractivity (Wildman–Crippen MR) is 63.5 cm³/mol. The minimum atomic E-state index is -0.603. The van der Waals surface area contributed by atoms with Crippen molar-refractivity contribution in [3.8, 4) is 5.75 Å². The molecule has 0 bridgehead atoms. The molecule has 2 rings (SSSR count). The Bertz CT molecular complexity index is 399. The van der Waals surface area contributed by atoms with Gasteiger partial charge in [0.15, 0.2) is 0 Å². The highest BCUT2D eigenvalue weighted by Gasteiger charge is 2.30. The lowest BCUT2D eigenvalue weighted by Gasteiger charge is -2.16. The van der Waals surface area contributed by atoms with Crippen LogP contribution in [-0.4, -0.2) is 16.7 Å². The van der Waals surface area contributed by atoms with Gasteiger partial charge in [-0.05, 0) is 44.0 Å². The monoisotopic (exact) mass is 221 g/mol. The normalized spacial score (nSPS) is 21.1. The maximum absolute atomic E-state index is 9.89. The summed E-state index contributed by atoms with van der Waals surface area (Å²) < 4.78 is 5.78.